The van der Waals surface area contributed by atoms with Gasteiger partial charge in [-0.3, -0.25) is 9.59 Å². The lowest BCUT2D eigenvalue weighted by Crippen LogP contribution is -2.51. The summed E-state index contributed by atoms with van der Waals surface area (Å²) >= 11 is 3.45. The van der Waals surface area contributed by atoms with Crippen molar-refractivity contribution in [2.75, 3.05) is 13.7 Å². The standard InChI is InChI=1S/C29H33BrN2O3/c1-29(2,3)23-12-16-25(17-13-23)35-20-27(33)32(19-22-10-14-24(30)15-11-22)26(28(34)31-4)18-21-8-6-5-7-9-21/h5-17,26H,18-20H2,1-4H3,(H,31,34)/t26-/m0/s1. The molecule has 0 fully saturated rings. The van der Waals surface area contributed by atoms with Crippen molar-refractivity contribution in [3.63, 3.8) is 0 Å². The van der Waals surface area contributed by atoms with E-state index in [-0.39, 0.29) is 23.8 Å². The number of carbonyl (C=O) groups is 2. The van der Waals surface area contributed by atoms with E-state index in [0.29, 0.717) is 18.7 Å². The SMILES string of the molecule is CNC(=O)[C@H](Cc1ccccc1)N(Cc1ccc(Br)cc1)C(=O)COc1ccc(C(C)(C)C)cc1. The number of hydrogen-bond acceptors (Lipinski definition) is 3. The predicted octanol–water partition coefficient (Wildman–Crippen LogP) is 5.51. The highest BCUT2D eigenvalue weighted by Gasteiger charge is 2.30. The zero-order valence-corrected chi connectivity index (χ0v) is 22.3. The molecule has 3 rings (SSSR count). The molecule has 0 aromatic heterocycles. The van der Waals surface area contributed by atoms with Gasteiger partial charge in [0.1, 0.15) is 11.8 Å². The van der Waals surface area contributed by atoms with E-state index < -0.39 is 6.04 Å². The Balaban J connectivity index is 1.83. The van der Waals surface area contributed by atoms with Gasteiger partial charge in [0, 0.05) is 24.5 Å². The highest BCUT2D eigenvalue weighted by atomic mass is 79.9. The van der Waals surface area contributed by atoms with E-state index in [1.807, 2.05) is 78.9 Å². The van der Waals surface area contributed by atoms with E-state index >= 15 is 0 Å². The molecular weight excluding hydrogens is 504 g/mol. The number of ether oxygens (including phenoxy) is 1. The second-order valence-corrected chi connectivity index (χ2v) is 10.4. The van der Waals surface area contributed by atoms with Crippen LogP contribution in [0, 0.1) is 0 Å². The summed E-state index contributed by atoms with van der Waals surface area (Å²) in [6, 6.07) is 24.6. The van der Waals surface area contributed by atoms with E-state index in [4.69, 9.17) is 4.74 Å². The molecule has 6 heteroatoms. The minimum Gasteiger partial charge on any atom is -0.484 e. The minimum atomic E-state index is -0.676. The lowest BCUT2D eigenvalue weighted by molar-refractivity contribution is -0.142. The highest BCUT2D eigenvalue weighted by Crippen LogP contribution is 2.24. The second kappa shape index (κ2) is 12.0. The Kier molecular flexibility index (Phi) is 9.10. The lowest BCUT2D eigenvalue weighted by Gasteiger charge is -2.31. The summed E-state index contributed by atoms with van der Waals surface area (Å²) < 4.78 is 6.81. The first kappa shape index (κ1) is 26.5. The van der Waals surface area contributed by atoms with E-state index in [1.54, 1.807) is 11.9 Å². The first-order valence-corrected chi connectivity index (χ1v) is 12.5. The smallest absolute Gasteiger partial charge is 0.261 e. The van der Waals surface area contributed by atoms with Crippen molar-refractivity contribution in [1.82, 2.24) is 10.2 Å². The molecule has 0 spiro atoms. The van der Waals surface area contributed by atoms with Crippen molar-refractivity contribution < 1.29 is 14.3 Å². The fraction of sp³-hybridized carbons (Fsp3) is 0.310. The maximum absolute atomic E-state index is 13.5. The Hall–Kier alpha value is -3.12. The van der Waals surface area contributed by atoms with Crippen LogP contribution in [0.5, 0.6) is 5.75 Å². The average Bonchev–Trinajstić information content (AvgIpc) is 2.85. The minimum absolute atomic E-state index is 0.0357. The van der Waals surface area contributed by atoms with Gasteiger partial charge in [0.25, 0.3) is 5.91 Å². The Morgan fingerprint density at radius 1 is 0.914 bits per heavy atom. The summed E-state index contributed by atoms with van der Waals surface area (Å²) in [6.07, 6.45) is 0.406. The Bertz CT molecular complexity index is 1110. The summed E-state index contributed by atoms with van der Waals surface area (Å²) in [4.78, 5) is 28.0. The van der Waals surface area contributed by atoms with Crippen LogP contribution in [-0.2, 0) is 28.0 Å². The molecule has 0 aliphatic heterocycles. The third kappa shape index (κ3) is 7.69. The molecule has 184 valence electrons. The Labute approximate surface area is 216 Å². The van der Waals surface area contributed by atoms with Crippen LogP contribution in [0.3, 0.4) is 0 Å². The molecular formula is C29H33BrN2O3. The van der Waals surface area contributed by atoms with Crippen LogP contribution < -0.4 is 10.1 Å². The van der Waals surface area contributed by atoms with Gasteiger partial charge in [0.2, 0.25) is 5.91 Å². The molecule has 0 aliphatic rings. The van der Waals surface area contributed by atoms with Gasteiger partial charge in [-0.25, -0.2) is 0 Å². The topological polar surface area (TPSA) is 58.6 Å². The molecule has 0 saturated carbocycles. The normalized spacial score (nSPS) is 12.0. The molecule has 2 amide bonds. The number of carbonyl (C=O) groups excluding carboxylic acids is 2. The molecule has 0 radical (unpaired) electrons. The number of nitrogens with zero attached hydrogens (tertiary/aromatic N) is 1. The fourth-order valence-electron chi connectivity index (χ4n) is 3.79. The number of halogens is 1. The molecule has 0 unspecified atom stereocenters. The van der Waals surface area contributed by atoms with Crippen molar-refractivity contribution >= 4 is 27.7 Å². The van der Waals surface area contributed by atoms with Gasteiger partial charge in [0.05, 0.1) is 0 Å². The summed E-state index contributed by atoms with van der Waals surface area (Å²) in [6.45, 7) is 6.59. The molecule has 1 atom stereocenters. The third-order valence-corrected chi connectivity index (χ3v) is 6.39. The number of hydrogen-bond donors (Lipinski definition) is 1. The van der Waals surface area contributed by atoms with Crippen molar-refractivity contribution in [2.45, 2.75) is 45.2 Å². The van der Waals surface area contributed by atoms with Crippen LogP contribution in [0.4, 0.5) is 0 Å². The van der Waals surface area contributed by atoms with Gasteiger partial charge >= 0.3 is 0 Å². The van der Waals surface area contributed by atoms with Crippen molar-refractivity contribution in [3.8, 4) is 5.75 Å². The van der Waals surface area contributed by atoms with Crippen LogP contribution in [0.15, 0.2) is 83.3 Å². The van der Waals surface area contributed by atoms with Gasteiger partial charge in [0.15, 0.2) is 6.61 Å². The maximum Gasteiger partial charge on any atom is 0.261 e. The highest BCUT2D eigenvalue weighted by molar-refractivity contribution is 9.10. The quantitative estimate of drug-likeness (QED) is 0.392. The summed E-state index contributed by atoms with van der Waals surface area (Å²) in [7, 11) is 1.59. The van der Waals surface area contributed by atoms with E-state index in [0.717, 1.165) is 15.6 Å². The van der Waals surface area contributed by atoms with E-state index in [9.17, 15) is 9.59 Å². The van der Waals surface area contributed by atoms with Gasteiger partial charge < -0.3 is 15.0 Å². The van der Waals surface area contributed by atoms with Gasteiger partial charge in [-0.1, -0.05) is 91.3 Å². The number of likely N-dealkylation sites (N-methyl/N-ethyl adjacent to an activating group) is 1. The predicted molar refractivity (Wildman–Crippen MR) is 143 cm³/mol. The summed E-state index contributed by atoms with van der Waals surface area (Å²) in [5, 5.41) is 2.73. The van der Waals surface area contributed by atoms with Crippen LogP contribution in [0.1, 0.15) is 37.5 Å². The molecule has 35 heavy (non-hydrogen) atoms. The van der Waals surface area contributed by atoms with Gasteiger partial charge in [-0.2, -0.15) is 0 Å². The van der Waals surface area contributed by atoms with Crippen molar-refractivity contribution in [3.05, 3.63) is 100 Å². The number of nitrogens with one attached hydrogen (secondary N) is 1. The largest absolute Gasteiger partial charge is 0.484 e. The molecule has 3 aromatic carbocycles. The first-order valence-electron chi connectivity index (χ1n) is 11.7. The zero-order chi connectivity index (χ0) is 25.4. The summed E-state index contributed by atoms with van der Waals surface area (Å²) in [5.74, 6) is 0.153. The van der Waals surface area contributed by atoms with Crippen LogP contribution in [-0.4, -0.2) is 36.4 Å². The van der Waals surface area contributed by atoms with Crippen LogP contribution in [0.2, 0.25) is 0 Å². The monoisotopic (exact) mass is 536 g/mol. The fourth-order valence-corrected chi connectivity index (χ4v) is 4.05. The molecule has 5 nitrogen and oxygen atoms in total. The maximum atomic E-state index is 13.5. The van der Waals surface area contributed by atoms with Crippen molar-refractivity contribution in [1.29, 1.82) is 0 Å². The molecule has 1 N–H and O–H groups in total. The number of benzene rings is 3. The first-order chi connectivity index (χ1) is 16.7. The molecule has 0 bridgehead atoms. The Morgan fingerprint density at radius 3 is 2.11 bits per heavy atom. The number of rotatable bonds is 9. The van der Waals surface area contributed by atoms with Crippen molar-refractivity contribution in [2.24, 2.45) is 0 Å². The van der Waals surface area contributed by atoms with E-state index in [1.165, 1.54) is 5.56 Å². The molecule has 3 aromatic rings. The lowest BCUT2D eigenvalue weighted by atomic mass is 9.87. The molecule has 0 saturated heterocycles. The van der Waals surface area contributed by atoms with E-state index in [2.05, 4.69) is 42.0 Å². The molecule has 0 heterocycles. The van der Waals surface area contributed by atoms with Crippen LogP contribution in [0.25, 0.3) is 0 Å². The third-order valence-electron chi connectivity index (χ3n) is 5.87. The van der Waals surface area contributed by atoms with Crippen LogP contribution >= 0.6 is 15.9 Å². The second-order valence-electron chi connectivity index (χ2n) is 9.53. The Morgan fingerprint density at radius 2 is 1.54 bits per heavy atom. The average molecular weight is 537 g/mol. The van der Waals surface area contributed by atoms with Gasteiger partial charge in [-0.05, 0) is 46.4 Å². The van der Waals surface area contributed by atoms with Gasteiger partial charge in [-0.15, -0.1) is 0 Å². The summed E-state index contributed by atoms with van der Waals surface area (Å²) in [5.41, 5.74) is 3.13. The number of amides is 2. The zero-order valence-electron chi connectivity index (χ0n) is 20.8. The molecule has 0 aliphatic carbocycles.